The third-order valence-corrected chi connectivity index (χ3v) is 4.98. The van der Waals surface area contributed by atoms with E-state index in [2.05, 4.69) is 15.1 Å². The molecule has 1 saturated heterocycles. The molecule has 1 fully saturated rings. The van der Waals surface area contributed by atoms with Gasteiger partial charge in [0.25, 0.3) is 5.91 Å². The van der Waals surface area contributed by atoms with Crippen LogP contribution in [0.2, 0.25) is 0 Å². The van der Waals surface area contributed by atoms with Crippen LogP contribution in [-0.4, -0.2) is 50.3 Å². The van der Waals surface area contributed by atoms with Crippen LogP contribution in [0.3, 0.4) is 0 Å². The van der Waals surface area contributed by atoms with Gasteiger partial charge in [0, 0.05) is 50.1 Å². The highest BCUT2D eigenvalue weighted by Gasteiger charge is 2.28. The Labute approximate surface area is 154 Å². The predicted octanol–water partition coefficient (Wildman–Crippen LogP) is 2.38. The van der Waals surface area contributed by atoms with Gasteiger partial charge < -0.3 is 9.64 Å². The smallest absolute Gasteiger partial charge is 0.274 e. The van der Waals surface area contributed by atoms with E-state index in [-0.39, 0.29) is 5.91 Å². The minimum Gasteiger partial charge on any atom is -0.377 e. The molecule has 3 heterocycles. The van der Waals surface area contributed by atoms with Gasteiger partial charge in [0.15, 0.2) is 5.69 Å². The SMILES string of the molecule is CCOCc1cnc(C)nc1C1CCN(C(=O)c2cc(C)n(C)n2)CC1. The monoisotopic (exact) mass is 357 g/mol. The van der Waals surface area contributed by atoms with Gasteiger partial charge in [-0.25, -0.2) is 9.97 Å². The Hall–Kier alpha value is -2.28. The molecular weight excluding hydrogens is 330 g/mol. The zero-order chi connectivity index (χ0) is 18.7. The van der Waals surface area contributed by atoms with Crippen molar-refractivity contribution in [3.63, 3.8) is 0 Å². The first kappa shape index (κ1) is 18.5. The molecule has 0 bridgehead atoms. The molecule has 0 aromatic carbocycles. The van der Waals surface area contributed by atoms with E-state index in [1.807, 2.05) is 45.0 Å². The van der Waals surface area contributed by atoms with Crippen LogP contribution in [0.25, 0.3) is 0 Å². The molecule has 1 aliphatic heterocycles. The highest BCUT2D eigenvalue weighted by Crippen LogP contribution is 2.30. The summed E-state index contributed by atoms with van der Waals surface area (Å²) in [5.41, 5.74) is 3.65. The molecule has 0 saturated carbocycles. The molecule has 3 rings (SSSR count). The van der Waals surface area contributed by atoms with Crippen molar-refractivity contribution in [3.8, 4) is 0 Å². The van der Waals surface area contributed by atoms with Crippen molar-refractivity contribution >= 4 is 5.91 Å². The number of hydrogen-bond donors (Lipinski definition) is 0. The topological polar surface area (TPSA) is 73.1 Å². The molecule has 7 nitrogen and oxygen atoms in total. The van der Waals surface area contributed by atoms with Gasteiger partial charge >= 0.3 is 0 Å². The molecular formula is C19H27N5O2. The Kier molecular flexibility index (Phi) is 5.66. The Balaban J connectivity index is 1.68. The standard InChI is InChI=1S/C19H27N5O2/c1-5-26-12-16-11-20-14(3)21-18(16)15-6-8-24(9-7-15)19(25)17-10-13(2)23(4)22-17/h10-11,15H,5-9,12H2,1-4H3. The van der Waals surface area contributed by atoms with Crippen LogP contribution < -0.4 is 0 Å². The molecule has 0 spiro atoms. The number of aromatic nitrogens is 4. The van der Waals surface area contributed by atoms with Crippen LogP contribution >= 0.6 is 0 Å². The lowest BCUT2D eigenvalue weighted by molar-refractivity contribution is 0.0703. The molecule has 1 aliphatic rings. The van der Waals surface area contributed by atoms with E-state index in [9.17, 15) is 4.79 Å². The first-order chi connectivity index (χ1) is 12.5. The van der Waals surface area contributed by atoms with Crippen molar-refractivity contribution in [2.45, 2.75) is 46.1 Å². The van der Waals surface area contributed by atoms with Crippen LogP contribution in [0.4, 0.5) is 0 Å². The van der Waals surface area contributed by atoms with Gasteiger partial charge in [0.1, 0.15) is 5.82 Å². The number of piperidine rings is 1. The van der Waals surface area contributed by atoms with E-state index >= 15 is 0 Å². The molecule has 7 heteroatoms. The van der Waals surface area contributed by atoms with Crippen LogP contribution in [0, 0.1) is 13.8 Å². The molecule has 0 N–H and O–H groups in total. The number of ether oxygens (including phenoxy) is 1. The summed E-state index contributed by atoms with van der Waals surface area (Å²) in [5.74, 6) is 1.13. The molecule has 26 heavy (non-hydrogen) atoms. The van der Waals surface area contributed by atoms with Gasteiger partial charge in [-0.05, 0) is 39.7 Å². The molecule has 140 valence electrons. The molecule has 0 atom stereocenters. The summed E-state index contributed by atoms with van der Waals surface area (Å²) in [5, 5.41) is 4.31. The summed E-state index contributed by atoms with van der Waals surface area (Å²) in [6.45, 7) is 8.50. The van der Waals surface area contributed by atoms with E-state index in [0.717, 1.165) is 48.7 Å². The highest BCUT2D eigenvalue weighted by atomic mass is 16.5. The van der Waals surface area contributed by atoms with Crippen LogP contribution in [0.15, 0.2) is 12.3 Å². The fourth-order valence-electron chi connectivity index (χ4n) is 3.37. The maximum Gasteiger partial charge on any atom is 0.274 e. The zero-order valence-electron chi connectivity index (χ0n) is 16.0. The van der Waals surface area contributed by atoms with E-state index in [0.29, 0.717) is 24.8 Å². The summed E-state index contributed by atoms with van der Waals surface area (Å²) in [7, 11) is 1.86. The number of amides is 1. The fourth-order valence-corrected chi connectivity index (χ4v) is 3.37. The zero-order valence-corrected chi connectivity index (χ0v) is 16.0. The molecule has 0 radical (unpaired) electrons. The van der Waals surface area contributed by atoms with Crippen molar-refractivity contribution in [1.82, 2.24) is 24.6 Å². The lowest BCUT2D eigenvalue weighted by Gasteiger charge is -2.32. The second kappa shape index (κ2) is 7.95. The van der Waals surface area contributed by atoms with Crippen molar-refractivity contribution in [3.05, 3.63) is 40.7 Å². The fraction of sp³-hybridized carbons (Fsp3) is 0.579. The van der Waals surface area contributed by atoms with Crippen LogP contribution in [-0.2, 0) is 18.4 Å². The Bertz CT molecular complexity index is 759. The van der Waals surface area contributed by atoms with Gasteiger partial charge in [-0.15, -0.1) is 0 Å². The van der Waals surface area contributed by atoms with Crippen molar-refractivity contribution in [1.29, 1.82) is 0 Å². The Morgan fingerprint density at radius 3 is 2.65 bits per heavy atom. The quantitative estimate of drug-likeness (QED) is 0.821. The second-order valence-electron chi connectivity index (χ2n) is 6.83. The Morgan fingerprint density at radius 2 is 2.04 bits per heavy atom. The average Bonchev–Trinajstić information content (AvgIpc) is 2.99. The molecule has 0 unspecified atom stereocenters. The Morgan fingerprint density at radius 1 is 1.31 bits per heavy atom. The maximum absolute atomic E-state index is 12.7. The summed E-state index contributed by atoms with van der Waals surface area (Å²) >= 11 is 0. The third-order valence-electron chi connectivity index (χ3n) is 4.98. The first-order valence-electron chi connectivity index (χ1n) is 9.19. The molecule has 2 aromatic heterocycles. The van der Waals surface area contributed by atoms with Crippen LogP contribution in [0.1, 0.15) is 58.9 Å². The largest absolute Gasteiger partial charge is 0.377 e. The highest BCUT2D eigenvalue weighted by molar-refractivity contribution is 5.92. The minimum atomic E-state index is 0.0144. The third kappa shape index (κ3) is 3.93. The van der Waals surface area contributed by atoms with Crippen molar-refractivity contribution < 1.29 is 9.53 Å². The summed E-state index contributed by atoms with van der Waals surface area (Å²) in [4.78, 5) is 23.6. The minimum absolute atomic E-state index is 0.0144. The van der Waals surface area contributed by atoms with Gasteiger partial charge in [-0.1, -0.05) is 0 Å². The van der Waals surface area contributed by atoms with E-state index in [1.165, 1.54) is 0 Å². The normalized spacial score (nSPS) is 15.5. The van der Waals surface area contributed by atoms with Crippen molar-refractivity contribution in [2.75, 3.05) is 19.7 Å². The lowest BCUT2D eigenvalue weighted by atomic mass is 9.90. The van der Waals surface area contributed by atoms with E-state index in [1.54, 1.807) is 4.68 Å². The maximum atomic E-state index is 12.7. The molecule has 1 amide bonds. The predicted molar refractivity (Wildman–Crippen MR) is 97.9 cm³/mol. The summed E-state index contributed by atoms with van der Waals surface area (Å²) in [6, 6.07) is 1.85. The number of likely N-dealkylation sites (tertiary alicyclic amines) is 1. The average molecular weight is 357 g/mol. The number of carbonyl (C=O) groups is 1. The number of nitrogens with zero attached hydrogens (tertiary/aromatic N) is 5. The van der Waals surface area contributed by atoms with Gasteiger partial charge in [0.05, 0.1) is 12.3 Å². The number of rotatable bonds is 5. The molecule has 0 aliphatic carbocycles. The van der Waals surface area contributed by atoms with Crippen LogP contribution in [0.5, 0.6) is 0 Å². The van der Waals surface area contributed by atoms with E-state index < -0.39 is 0 Å². The van der Waals surface area contributed by atoms with Gasteiger partial charge in [-0.3, -0.25) is 9.48 Å². The van der Waals surface area contributed by atoms with Crippen molar-refractivity contribution in [2.24, 2.45) is 7.05 Å². The van der Waals surface area contributed by atoms with Gasteiger partial charge in [-0.2, -0.15) is 5.10 Å². The number of carbonyl (C=O) groups excluding carboxylic acids is 1. The second-order valence-corrected chi connectivity index (χ2v) is 6.83. The number of hydrogen-bond acceptors (Lipinski definition) is 5. The summed E-state index contributed by atoms with van der Waals surface area (Å²) in [6.07, 6.45) is 3.67. The van der Waals surface area contributed by atoms with Gasteiger partial charge in [0.2, 0.25) is 0 Å². The van der Waals surface area contributed by atoms with E-state index in [4.69, 9.17) is 4.74 Å². The lowest BCUT2D eigenvalue weighted by Crippen LogP contribution is -2.38. The first-order valence-corrected chi connectivity index (χ1v) is 9.19. The number of aryl methyl sites for hydroxylation is 3. The molecule has 2 aromatic rings. The summed E-state index contributed by atoms with van der Waals surface area (Å²) < 4.78 is 7.31.